The van der Waals surface area contributed by atoms with Crippen molar-refractivity contribution in [2.75, 3.05) is 0 Å². The van der Waals surface area contributed by atoms with Gasteiger partial charge in [-0.05, 0) is 55.1 Å². The maximum absolute atomic E-state index is 14.0. The van der Waals surface area contributed by atoms with E-state index in [2.05, 4.69) is 36.1 Å². The number of hydrogen-bond donors (Lipinski definition) is 2. The zero-order valence-corrected chi connectivity index (χ0v) is 14.6. The topological polar surface area (TPSA) is 57.8 Å². The van der Waals surface area contributed by atoms with Gasteiger partial charge in [-0.3, -0.25) is 4.79 Å². The Morgan fingerprint density at radius 3 is 2.79 bits per heavy atom. The molecule has 2 aromatic heterocycles. The third kappa shape index (κ3) is 2.17. The zero-order valence-electron chi connectivity index (χ0n) is 14.6. The molecule has 3 aliphatic rings. The van der Waals surface area contributed by atoms with Crippen LogP contribution in [-0.2, 0) is 0 Å². The number of nitrogens with zero attached hydrogens (tertiary/aromatic N) is 1. The summed E-state index contributed by atoms with van der Waals surface area (Å²) in [7, 11) is 0. The van der Waals surface area contributed by atoms with E-state index in [9.17, 15) is 9.18 Å². The molecule has 0 radical (unpaired) electrons. The van der Waals surface area contributed by atoms with Gasteiger partial charge in [-0.25, -0.2) is 9.37 Å². The Morgan fingerprint density at radius 2 is 2.12 bits per heavy atom. The van der Waals surface area contributed by atoms with Crippen LogP contribution in [0.3, 0.4) is 0 Å². The first-order chi connectivity index (χ1) is 11.3. The Bertz CT molecular complexity index is 825. The van der Waals surface area contributed by atoms with E-state index in [1.165, 1.54) is 12.5 Å². The third-order valence-corrected chi connectivity index (χ3v) is 6.59. The number of halogens is 1. The molecule has 2 heterocycles. The first-order valence-electron chi connectivity index (χ1n) is 8.74. The molecule has 4 atom stereocenters. The highest BCUT2D eigenvalue weighted by Crippen LogP contribution is 2.61. The van der Waals surface area contributed by atoms with E-state index in [0.717, 1.165) is 6.42 Å². The number of nitrogens with one attached hydrogen (secondary N) is 2. The lowest BCUT2D eigenvalue weighted by atomic mass is 9.45. The lowest BCUT2D eigenvalue weighted by Gasteiger charge is -2.62. The van der Waals surface area contributed by atoms with E-state index in [4.69, 9.17) is 0 Å². The number of rotatable bonds is 2. The highest BCUT2D eigenvalue weighted by molar-refractivity contribution is 5.97. The number of pyridine rings is 1. The highest BCUT2D eigenvalue weighted by atomic mass is 19.1. The Balaban J connectivity index is 1.54. The van der Waals surface area contributed by atoms with Crippen LogP contribution in [0.1, 0.15) is 49.8 Å². The molecule has 0 saturated heterocycles. The van der Waals surface area contributed by atoms with Gasteiger partial charge in [0.1, 0.15) is 17.2 Å². The lowest BCUT2D eigenvalue weighted by molar-refractivity contribution is -0.113. The van der Waals surface area contributed by atoms with E-state index >= 15 is 0 Å². The molecule has 2 aromatic rings. The minimum absolute atomic E-state index is 0.166. The Hall–Kier alpha value is -1.91. The molecule has 0 unspecified atom stereocenters. The van der Waals surface area contributed by atoms with Gasteiger partial charge in [-0.1, -0.05) is 20.8 Å². The molecular weight excluding hydrogens is 305 g/mol. The number of aromatic amines is 1. The monoisotopic (exact) mass is 329 g/mol. The summed E-state index contributed by atoms with van der Waals surface area (Å²) in [6.45, 7) is 8.66. The van der Waals surface area contributed by atoms with Crippen LogP contribution in [0.4, 0.5) is 4.39 Å². The summed E-state index contributed by atoms with van der Waals surface area (Å²) in [5, 5.41) is 3.53. The fourth-order valence-electron chi connectivity index (χ4n) is 4.89. The molecule has 2 bridgehead atoms. The maximum Gasteiger partial charge on any atom is 0.268 e. The number of aryl methyl sites for hydroxylation is 1. The van der Waals surface area contributed by atoms with E-state index < -0.39 is 0 Å². The van der Waals surface area contributed by atoms with Crippen LogP contribution < -0.4 is 5.32 Å². The number of carbonyl (C=O) groups is 1. The molecule has 3 aliphatic carbocycles. The second kappa shape index (κ2) is 5.04. The Morgan fingerprint density at radius 1 is 1.38 bits per heavy atom. The largest absolute Gasteiger partial charge is 0.348 e. The quantitative estimate of drug-likeness (QED) is 0.880. The number of fused-ring (bicyclic) bond motifs is 3. The third-order valence-electron chi connectivity index (χ3n) is 6.59. The van der Waals surface area contributed by atoms with E-state index in [1.54, 1.807) is 13.0 Å². The minimum Gasteiger partial charge on any atom is -0.348 e. The maximum atomic E-state index is 14.0. The minimum atomic E-state index is -0.346. The normalized spacial score (nSPS) is 30.9. The van der Waals surface area contributed by atoms with Crippen molar-refractivity contribution in [1.82, 2.24) is 15.3 Å². The summed E-state index contributed by atoms with van der Waals surface area (Å²) in [5.74, 6) is 1.32. The van der Waals surface area contributed by atoms with Crippen molar-refractivity contribution in [3.63, 3.8) is 0 Å². The smallest absolute Gasteiger partial charge is 0.268 e. The summed E-state index contributed by atoms with van der Waals surface area (Å²) in [6, 6.07) is 3.14. The molecule has 0 aromatic carbocycles. The molecular formula is C19H24FN3O. The van der Waals surface area contributed by atoms with Crippen LogP contribution in [0.5, 0.6) is 0 Å². The van der Waals surface area contributed by atoms with Crippen LogP contribution in [0, 0.1) is 35.9 Å². The summed E-state index contributed by atoms with van der Waals surface area (Å²) < 4.78 is 14.0. The number of aromatic nitrogens is 2. The van der Waals surface area contributed by atoms with Crippen LogP contribution in [0.25, 0.3) is 11.0 Å². The summed E-state index contributed by atoms with van der Waals surface area (Å²) >= 11 is 0. The second-order valence-electron chi connectivity index (χ2n) is 8.23. The average molecular weight is 329 g/mol. The van der Waals surface area contributed by atoms with Gasteiger partial charge >= 0.3 is 0 Å². The van der Waals surface area contributed by atoms with Crippen molar-refractivity contribution in [3.8, 4) is 0 Å². The number of hydrogen-bond acceptors (Lipinski definition) is 2. The van der Waals surface area contributed by atoms with Crippen molar-refractivity contribution in [3.05, 3.63) is 29.3 Å². The summed E-state index contributed by atoms with van der Waals surface area (Å²) in [5.41, 5.74) is 1.80. The molecule has 4 nitrogen and oxygen atoms in total. The predicted octanol–water partition coefficient (Wildman–Crippen LogP) is 3.81. The van der Waals surface area contributed by atoms with Crippen molar-refractivity contribution < 1.29 is 9.18 Å². The second-order valence-corrected chi connectivity index (χ2v) is 8.23. The molecule has 5 heteroatoms. The lowest BCUT2D eigenvalue weighted by Crippen LogP contribution is -2.60. The standard InChI is InChI=1S/C19H24FN3O/c1-9-5-14(20)12-8-16(22-17(12)21-9)18(24)23-15-7-11-6-13(10(15)2)19(11,3)4/h5,8,10-11,13,15H,6-7H2,1-4H3,(H,21,22)(H,23,24)/t10-,11+,13-,15-/m0/s1. The molecule has 128 valence electrons. The van der Waals surface area contributed by atoms with Gasteiger partial charge in [0.05, 0.1) is 5.39 Å². The van der Waals surface area contributed by atoms with Crippen LogP contribution >= 0.6 is 0 Å². The fourth-order valence-corrected chi connectivity index (χ4v) is 4.89. The molecule has 2 N–H and O–H groups in total. The molecule has 3 saturated carbocycles. The summed E-state index contributed by atoms with van der Waals surface area (Å²) in [6.07, 6.45) is 2.31. The van der Waals surface area contributed by atoms with E-state index in [0.29, 0.717) is 45.6 Å². The summed E-state index contributed by atoms with van der Waals surface area (Å²) in [4.78, 5) is 19.8. The van der Waals surface area contributed by atoms with Gasteiger partial charge < -0.3 is 10.3 Å². The van der Waals surface area contributed by atoms with E-state index in [1.807, 2.05) is 0 Å². The Labute approximate surface area is 141 Å². The first kappa shape index (κ1) is 15.6. The first-order valence-corrected chi connectivity index (χ1v) is 8.74. The average Bonchev–Trinajstić information content (AvgIpc) is 2.93. The van der Waals surface area contributed by atoms with Gasteiger partial charge in [0.25, 0.3) is 5.91 Å². The molecule has 3 fully saturated rings. The van der Waals surface area contributed by atoms with Gasteiger partial charge in [0.15, 0.2) is 0 Å². The highest BCUT2D eigenvalue weighted by Gasteiger charge is 2.56. The van der Waals surface area contributed by atoms with Gasteiger partial charge in [-0.15, -0.1) is 0 Å². The van der Waals surface area contributed by atoms with Gasteiger partial charge in [0.2, 0.25) is 0 Å². The number of amides is 1. The molecule has 0 aliphatic heterocycles. The fraction of sp³-hybridized carbons (Fsp3) is 0.579. The van der Waals surface area contributed by atoms with Crippen molar-refractivity contribution in [2.24, 2.45) is 23.2 Å². The van der Waals surface area contributed by atoms with Gasteiger partial charge in [0, 0.05) is 11.7 Å². The molecule has 5 rings (SSSR count). The Kier molecular flexibility index (Phi) is 3.28. The predicted molar refractivity (Wildman–Crippen MR) is 91.2 cm³/mol. The van der Waals surface area contributed by atoms with Crippen molar-refractivity contribution in [1.29, 1.82) is 0 Å². The van der Waals surface area contributed by atoms with Crippen LogP contribution in [-0.4, -0.2) is 21.9 Å². The SMILES string of the molecule is Cc1cc(F)c2cc(C(=O)N[C@H]3C[C@H]4C[C@@H]([C@@H]3C)C4(C)C)[nH]c2n1. The molecule has 24 heavy (non-hydrogen) atoms. The van der Waals surface area contributed by atoms with Crippen molar-refractivity contribution >= 4 is 16.9 Å². The number of H-pyrrole nitrogens is 1. The van der Waals surface area contributed by atoms with E-state index in [-0.39, 0.29) is 17.8 Å². The molecule has 0 spiro atoms. The zero-order chi connectivity index (χ0) is 17.2. The van der Waals surface area contributed by atoms with Crippen molar-refractivity contribution in [2.45, 2.75) is 46.6 Å². The van der Waals surface area contributed by atoms with Gasteiger partial charge in [-0.2, -0.15) is 0 Å². The van der Waals surface area contributed by atoms with Crippen LogP contribution in [0.15, 0.2) is 12.1 Å². The number of carbonyl (C=O) groups excluding carboxylic acids is 1. The van der Waals surface area contributed by atoms with Crippen LogP contribution in [0.2, 0.25) is 0 Å². The molecule has 1 amide bonds.